The van der Waals surface area contributed by atoms with Gasteiger partial charge in [-0.15, -0.1) is 15.3 Å². The van der Waals surface area contributed by atoms with Gasteiger partial charge in [0.05, 0.1) is 17.8 Å². The van der Waals surface area contributed by atoms with E-state index in [0.717, 1.165) is 5.69 Å². The van der Waals surface area contributed by atoms with Crippen LogP contribution in [0.15, 0.2) is 60.7 Å². The molecule has 9 heteroatoms. The lowest BCUT2D eigenvalue weighted by Crippen LogP contribution is -2.29. The molecular weight excluding hydrogens is 390 g/mol. The van der Waals surface area contributed by atoms with Crippen molar-refractivity contribution in [1.82, 2.24) is 19.8 Å². The largest absolute Gasteiger partial charge is 0.397 e. The minimum absolute atomic E-state index is 0.0274. The molecule has 3 N–H and O–H groups in total. The van der Waals surface area contributed by atoms with Crippen LogP contribution in [-0.2, 0) is 11.2 Å². The van der Waals surface area contributed by atoms with E-state index < -0.39 is 0 Å². The van der Waals surface area contributed by atoms with E-state index in [1.54, 1.807) is 48.0 Å². The van der Waals surface area contributed by atoms with Gasteiger partial charge >= 0.3 is 0 Å². The molecule has 0 aliphatic rings. The van der Waals surface area contributed by atoms with Gasteiger partial charge in [-0.05, 0) is 42.5 Å². The number of nitrogens with one attached hydrogen (secondary N) is 1. The smallest absolute Gasteiger partial charge is 0.234 e. The van der Waals surface area contributed by atoms with E-state index >= 15 is 0 Å². The molecular formula is C20H18ClN7O. The van der Waals surface area contributed by atoms with Crippen LogP contribution in [0, 0.1) is 0 Å². The van der Waals surface area contributed by atoms with Crippen molar-refractivity contribution >= 4 is 46.0 Å². The molecule has 0 spiro atoms. The lowest BCUT2D eigenvalue weighted by atomic mass is 10.2. The van der Waals surface area contributed by atoms with Gasteiger partial charge in [-0.2, -0.15) is 4.52 Å². The number of aromatic nitrogens is 4. The van der Waals surface area contributed by atoms with Gasteiger partial charge in [0.15, 0.2) is 17.3 Å². The average molecular weight is 408 g/mol. The van der Waals surface area contributed by atoms with Crippen molar-refractivity contribution in [3.63, 3.8) is 0 Å². The van der Waals surface area contributed by atoms with Gasteiger partial charge in [0.1, 0.15) is 0 Å². The highest BCUT2D eigenvalue weighted by Gasteiger charge is 2.18. The number of halogens is 1. The molecule has 0 fully saturated rings. The van der Waals surface area contributed by atoms with Crippen molar-refractivity contribution in [2.24, 2.45) is 0 Å². The zero-order chi connectivity index (χ0) is 20.4. The molecule has 0 aliphatic heterocycles. The second-order valence-corrected chi connectivity index (χ2v) is 6.86. The number of para-hydroxylation sites is 2. The summed E-state index contributed by atoms with van der Waals surface area (Å²) in [5.74, 6) is 0.835. The van der Waals surface area contributed by atoms with Crippen LogP contribution in [0.5, 0.6) is 0 Å². The minimum atomic E-state index is -0.174. The molecule has 0 bridgehead atoms. The molecule has 4 aromatic rings. The number of nitrogens with zero attached hydrogens (tertiary/aromatic N) is 5. The quantitative estimate of drug-likeness (QED) is 0.492. The number of fused-ring (bicyclic) bond motifs is 1. The molecule has 1 amide bonds. The number of hydrogen-bond donors (Lipinski definition) is 2. The number of carbonyl (C=O) groups is 1. The number of benzene rings is 2. The topological polar surface area (TPSA) is 101 Å². The first-order valence-corrected chi connectivity index (χ1v) is 9.24. The van der Waals surface area contributed by atoms with Crippen molar-refractivity contribution in [2.45, 2.75) is 6.42 Å². The van der Waals surface area contributed by atoms with E-state index in [1.165, 1.54) is 4.90 Å². The Labute approximate surface area is 171 Å². The van der Waals surface area contributed by atoms with E-state index in [4.69, 9.17) is 17.3 Å². The van der Waals surface area contributed by atoms with E-state index in [-0.39, 0.29) is 12.3 Å². The Bertz CT molecular complexity index is 1190. The first kappa shape index (κ1) is 18.7. The van der Waals surface area contributed by atoms with Gasteiger partial charge in [0.2, 0.25) is 5.91 Å². The molecule has 29 heavy (non-hydrogen) atoms. The van der Waals surface area contributed by atoms with Crippen LogP contribution in [0.3, 0.4) is 0 Å². The van der Waals surface area contributed by atoms with Crippen LogP contribution >= 0.6 is 11.6 Å². The van der Waals surface area contributed by atoms with Gasteiger partial charge in [0.25, 0.3) is 0 Å². The van der Waals surface area contributed by atoms with Crippen LogP contribution < -0.4 is 16.0 Å². The molecule has 0 saturated carbocycles. The molecule has 146 valence electrons. The standard InChI is InChI=1S/C20H18ClN7O/c1-27(16-8-3-2-7-15(16)22)20(29)12-19-25-24-18-10-9-17(26-28(18)19)23-14-6-4-5-13(21)11-14/h2-11H,12,22H2,1H3,(H,23,26). The van der Waals surface area contributed by atoms with Crippen molar-refractivity contribution in [3.05, 3.63) is 71.5 Å². The number of carbonyl (C=O) groups excluding carboxylic acids is 1. The van der Waals surface area contributed by atoms with Crippen molar-refractivity contribution in [2.75, 3.05) is 23.0 Å². The fourth-order valence-electron chi connectivity index (χ4n) is 2.91. The SMILES string of the molecule is CN(C(=O)Cc1nnc2ccc(Nc3cccc(Cl)c3)nn12)c1ccccc1N. The first-order valence-electron chi connectivity index (χ1n) is 8.86. The number of rotatable bonds is 5. The third-order valence-corrected chi connectivity index (χ3v) is 4.64. The summed E-state index contributed by atoms with van der Waals surface area (Å²) < 4.78 is 1.55. The highest BCUT2D eigenvalue weighted by atomic mass is 35.5. The zero-order valence-electron chi connectivity index (χ0n) is 15.6. The third kappa shape index (κ3) is 3.97. The fourth-order valence-corrected chi connectivity index (χ4v) is 3.10. The summed E-state index contributed by atoms with van der Waals surface area (Å²) in [5, 5.41) is 16.5. The van der Waals surface area contributed by atoms with Gasteiger partial charge < -0.3 is 16.0 Å². The summed E-state index contributed by atoms with van der Waals surface area (Å²) in [6, 6.07) is 18.1. The first-order chi connectivity index (χ1) is 14.0. The summed E-state index contributed by atoms with van der Waals surface area (Å²) in [5.41, 5.74) is 8.49. The fraction of sp³-hybridized carbons (Fsp3) is 0.100. The average Bonchev–Trinajstić information content (AvgIpc) is 3.10. The van der Waals surface area contributed by atoms with Crippen LogP contribution in [-0.4, -0.2) is 32.8 Å². The van der Waals surface area contributed by atoms with E-state index in [2.05, 4.69) is 20.6 Å². The number of likely N-dealkylation sites (N-methyl/N-ethyl adjacent to an activating group) is 1. The zero-order valence-corrected chi connectivity index (χ0v) is 16.3. The van der Waals surface area contributed by atoms with Crippen molar-refractivity contribution in [1.29, 1.82) is 0 Å². The number of hydrogen-bond acceptors (Lipinski definition) is 6. The summed E-state index contributed by atoms with van der Waals surface area (Å²) >= 11 is 6.03. The number of amides is 1. The maximum Gasteiger partial charge on any atom is 0.234 e. The van der Waals surface area contributed by atoms with Gasteiger partial charge in [-0.25, -0.2) is 0 Å². The predicted octanol–water partition coefficient (Wildman–Crippen LogP) is 3.31. The Morgan fingerprint density at radius 3 is 2.76 bits per heavy atom. The lowest BCUT2D eigenvalue weighted by molar-refractivity contribution is -0.117. The molecule has 2 heterocycles. The normalized spacial score (nSPS) is 10.8. The lowest BCUT2D eigenvalue weighted by Gasteiger charge is -2.18. The summed E-state index contributed by atoms with van der Waals surface area (Å²) in [4.78, 5) is 14.3. The number of nitrogen functional groups attached to an aromatic ring is 1. The van der Waals surface area contributed by atoms with Gasteiger partial charge in [-0.3, -0.25) is 4.79 Å². The molecule has 0 unspecified atom stereocenters. The van der Waals surface area contributed by atoms with Gasteiger partial charge in [0, 0.05) is 17.8 Å². The Morgan fingerprint density at radius 1 is 1.14 bits per heavy atom. The second-order valence-electron chi connectivity index (χ2n) is 6.43. The summed E-state index contributed by atoms with van der Waals surface area (Å²) in [6.07, 6.45) is 0.0274. The molecule has 2 aromatic carbocycles. The Morgan fingerprint density at radius 2 is 1.97 bits per heavy atom. The maximum absolute atomic E-state index is 12.8. The molecule has 4 rings (SSSR count). The molecule has 8 nitrogen and oxygen atoms in total. The van der Waals surface area contributed by atoms with E-state index in [0.29, 0.717) is 33.7 Å². The van der Waals surface area contributed by atoms with Crippen molar-refractivity contribution < 1.29 is 4.79 Å². The van der Waals surface area contributed by atoms with Crippen LogP contribution in [0.25, 0.3) is 5.65 Å². The van der Waals surface area contributed by atoms with Crippen LogP contribution in [0.4, 0.5) is 22.9 Å². The molecule has 0 radical (unpaired) electrons. The van der Waals surface area contributed by atoms with Gasteiger partial charge in [-0.1, -0.05) is 29.8 Å². The predicted molar refractivity (Wildman–Crippen MR) is 113 cm³/mol. The number of nitrogens with two attached hydrogens (primary N) is 1. The minimum Gasteiger partial charge on any atom is -0.397 e. The van der Waals surface area contributed by atoms with E-state index in [9.17, 15) is 4.79 Å². The molecule has 0 aliphatic carbocycles. The highest BCUT2D eigenvalue weighted by Crippen LogP contribution is 2.22. The monoisotopic (exact) mass is 407 g/mol. The highest BCUT2D eigenvalue weighted by molar-refractivity contribution is 6.30. The molecule has 0 saturated heterocycles. The van der Waals surface area contributed by atoms with Crippen LogP contribution in [0.1, 0.15) is 5.82 Å². The summed E-state index contributed by atoms with van der Waals surface area (Å²) in [6.45, 7) is 0. The third-order valence-electron chi connectivity index (χ3n) is 4.41. The number of anilines is 4. The summed E-state index contributed by atoms with van der Waals surface area (Å²) in [7, 11) is 1.68. The Balaban J connectivity index is 1.58. The molecule has 2 aromatic heterocycles. The van der Waals surface area contributed by atoms with Crippen LogP contribution in [0.2, 0.25) is 5.02 Å². The molecule has 0 atom stereocenters. The Kier molecular flexibility index (Phi) is 5.01. The maximum atomic E-state index is 12.8. The Hall–Kier alpha value is -3.65. The van der Waals surface area contributed by atoms with E-state index in [1.807, 2.05) is 24.3 Å². The second kappa shape index (κ2) is 7.76. The van der Waals surface area contributed by atoms with Crippen molar-refractivity contribution in [3.8, 4) is 0 Å².